The Balaban J connectivity index is 2.30. The third kappa shape index (κ3) is 3.42. The van der Waals surface area contributed by atoms with E-state index in [2.05, 4.69) is 15.0 Å². The van der Waals surface area contributed by atoms with Crippen LogP contribution >= 0.6 is 23.4 Å². The first kappa shape index (κ1) is 13.8. The van der Waals surface area contributed by atoms with Gasteiger partial charge in [0.25, 0.3) is 0 Å². The van der Waals surface area contributed by atoms with Gasteiger partial charge in [0.15, 0.2) is 5.16 Å². The van der Waals surface area contributed by atoms with E-state index in [0.717, 1.165) is 11.4 Å². The Labute approximate surface area is 119 Å². The van der Waals surface area contributed by atoms with Crippen molar-refractivity contribution in [2.45, 2.75) is 24.0 Å². The van der Waals surface area contributed by atoms with E-state index in [4.69, 9.17) is 16.7 Å². The molecule has 0 aliphatic heterocycles. The smallest absolute Gasteiger partial charge is 0.337 e. The Morgan fingerprint density at radius 1 is 1.26 bits per heavy atom. The van der Waals surface area contributed by atoms with Crippen LogP contribution in [0.1, 0.15) is 21.7 Å². The van der Waals surface area contributed by atoms with Gasteiger partial charge in [0.1, 0.15) is 5.03 Å². The highest BCUT2D eigenvalue weighted by molar-refractivity contribution is 7.99. The highest BCUT2D eigenvalue weighted by Crippen LogP contribution is 2.30. The molecule has 0 atom stereocenters. The maximum atomic E-state index is 10.8. The second-order valence-electron chi connectivity index (χ2n) is 3.85. The molecular weight excluding hydrogens is 286 g/mol. The lowest BCUT2D eigenvalue weighted by atomic mass is 10.3. The third-order valence-corrected chi connectivity index (χ3v) is 3.49. The standard InChI is InChI=1S/C12H10ClN3O2S/c1-6-3-7(2)16-12(15-6)19-10-9(13)4-8(5-14-10)11(17)18/h3-5H,1-2H3,(H,17,18). The van der Waals surface area contributed by atoms with Gasteiger partial charge in [0, 0.05) is 17.6 Å². The summed E-state index contributed by atoms with van der Waals surface area (Å²) in [5, 5.41) is 10.1. The zero-order chi connectivity index (χ0) is 14.0. The molecule has 0 saturated heterocycles. The van der Waals surface area contributed by atoms with Crippen LogP contribution in [0.2, 0.25) is 5.02 Å². The molecule has 5 nitrogen and oxygen atoms in total. The van der Waals surface area contributed by atoms with Gasteiger partial charge >= 0.3 is 5.97 Å². The predicted octanol–water partition coefficient (Wildman–Crippen LogP) is 2.99. The van der Waals surface area contributed by atoms with Crippen molar-refractivity contribution in [3.05, 3.63) is 40.3 Å². The highest BCUT2D eigenvalue weighted by atomic mass is 35.5. The van der Waals surface area contributed by atoms with E-state index in [1.165, 1.54) is 24.0 Å². The first-order chi connectivity index (χ1) is 8.95. The zero-order valence-corrected chi connectivity index (χ0v) is 11.8. The summed E-state index contributed by atoms with van der Waals surface area (Å²) >= 11 is 7.21. The molecule has 98 valence electrons. The van der Waals surface area contributed by atoms with Gasteiger partial charge in [-0.3, -0.25) is 0 Å². The molecule has 2 aromatic heterocycles. The van der Waals surface area contributed by atoms with Gasteiger partial charge in [-0.15, -0.1) is 0 Å². The quantitative estimate of drug-likeness (QED) is 0.877. The summed E-state index contributed by atoms with van der Waals surface area (Å²) < 4.78 is 0. The Kier molecular flexibility index (Phi) is 4.01. The molecule has 2 rings (SSSR count). The molecule has 1 N–H and O–H groups in total. The molecule has 0 unspecified atom stereocenters. The Bertz CT molecular complexity index is 629. The number of hydrogen-bond acceptors (Lipinski definition) is 5. The first-order valence-corrected chi connectivity index (χ1v) is 6.54. The number of carboxylic acids is 1. The highest BCUT2D eigenvalue weighted by Gasteiger charge is 2.11. The van der Waals surface area contributed by atoms with E-state index in [0.29, 0.717) is 10.2 Å². The van der Waals surface area contributed by atoms with Crippen LogP contribution < -0.4 is 0 Å². The Hall–Kier alpha value is -1.66. The number of hydrogen-bond donors (Lipinski definition) is 1. The molecule has 7 heteroatoms. The summed E-state index contributed by atoms with van der Waals surface area (Å²) in [7, 11) is 0. The summed E-state index contributed by atoms with van der Waals surface area (Å²) in [6.45, 7) is 3.75. The molecule has 0 amide bonds. The molecule has 0 saturated carbocycles. The van der Waals surface area contributed by atoms with E-state index in [9.17, 15) is 4.79 Å². The molecule has 2 aromatic rings. The van der Waals surface area contributed by atoms with E-state index >= 15 is 0 Å². The van der Waals surface area contributed by atoms with Crippen LogP contribution in [0, 0.1) is 13.8 Å². The number of carboxylic acid groups (broad SMARTS) is 1. The van der Waals surface area contributed by atoms with Crippen LogP contribution in [0.3, 0.4) is 0 Å². The lowest BCUT2D eigenvalue weighted by molar-refractivity contribution is 0.0696. The van der Waals surface area contributed by atoms with Crippen molar-refractivity contribution in [3.63, 3.8) is 0 Å². The van der Waals surface area contributed by atoms with Gasteiger partial charge in [-0.2, -0.15) is 0 Å². The minimum Gasteiger partial charge on any atom is -0.478 e. The van der Waals surface area contributed by atoms with E-state index in [-0.39, 0.29) is 10.6 Å². The third-order valence-electron chi connectivity index (χ3n) is 2.20. The largest absolute Gasteiger partial charge is 0.478 e. The van der Waals surface area contributed by atoms with Crippen molar-refractivity contribution < 1.29 is 9.90 Å². The molecular formula is C12H10ClN3O2S. The zero-order valence-electron chi connectivity index (χ0n) is 10.2. The average Bonchev–Trinajstić information content (AvgIpc) is 2.30. The second kappa shape index (κ2) is 5.54. The lowest BCUT2D eigenvalue weighted by Crippen LogP contribution is -1.98. The van der Waals surface area contributed by atoms with Crippen LogP contribution in [0.25, 0.3) is 0 Å². The first-order valence-electron chi connectivity index (χ1n) is 5.34. The number of aromatic carboxylic acids is 1. The van der Waals surface area contributed by atoms with Crippen LogP contribution in [-0.4, -0.2) is 26.0 Å². The maximum absolute atomic E-state index is 10.8. The van der Waals surface area contributed by atoms with Crippen molar-refractivity contribution >= 4 is 29.3 Å². The minimum atomic E-state index is -1.06. The van der Waals surface area contributed by atoms with Crippen molar-refractivity contribution in [2.75, 3.05) is 0 Å². The molecule has 0 fully saturated rings. The summed E-state index contributed by atoms with van der Waals surface area (Å²) in [5.74, 6) is -1.06. The van der Waals surface area contributed by atoms with Gasteiger partial charge in [0.05, 0.1) is 10.6 Å². The number of aryl methyl sites for hydroxylation is 2. The molecule has 0 aromatic carbocycles. The van der Waals surface area contributed by atoms with E-state index < -0.39 is 5.97 Å². The molecule has 0 spiro atoms. The van der Waals surface area contributed by atoms with Gasteiger partial charge in [-0.1, -0.05) is 11.6 Å². The van der Waals surface area contributed by atoms with Crippen LogP contribution in [0.5, 0.6) is 0 Å². The van der Waals surface area contributed by atoms with Gasteiger partial charge in [-0.25, -0.2) is 19.7 Å². The summed E-state index contributed by atoms with van der Waals surface area (Å²) in [6.07, 6.45) is 1.26. The number of nitrogens with zero attached hydrogens (tertiary/aromatic N) is 3. The lowest BCUT2D eigenvalue weighted by Gasteiger charge is -2.04. The molecule has 0 aliphatic carbocycles. The number of rotatable bonds is 3. The average molecular weight is 296 g/mol. The molecule has 0 aliphatic rings. The molecule has 0 bridgehead atoms. The Morgan fingerprint density at radius 2 is 1.89 bits per heavy atom. The van der Waals surface area contributed by atoms with Crippen LogP contribution in [-0.2, 0) is 0 Å². The topological polar surface area (TPSA) is 76.0 Å². The van der Waals surface area contributed by atoms with Crippen molar-refractivity contribution in [1.82, 2.24) is 15.0 Å². The van der Waals surface area contributed by atoms with Gasteiger partial charge in [0.2, 0.25) is 0 Å². The second-order valence-corrected chi connectivity index (χ2v) is 5.21. The molecule has 19 heavy (non-hydrogen) atoms. The SMILES string of the molecule is Cc1cc(C)nc(Sc2ncc(C(=O)O)cc2Cl)n1. The fourth-order valence-electron chi connectivity index (χ4n) is 1.44. The fourth-order valence-corrected chi connectivity index (χ4v) is 2.54. The van der Waals surface area contributed by atoms with Crippen LogP contribution in [0.4, 0.5) is 0 Å². The minimum absolute atomic E-state index is 0.0516. The molecule has 0 radical (unpaired) electrons. The maximum Gasteiger partial charge on any atom is 0.337 e. The van der Waals surface area contributed by atoms with Crippen LogP contribution in [0.15, 0.2) is 28.5 Å². The van der Waals surface area contributed by atoms with Gasteiger partial charge < -0.3 is 5.11 Å². The Morgan fingerprint density at radius 3 is 2.42 bits per heavy atom. The monoisotopic (exact) mass is 295 g/mol. The number of aromatic nitrogens is 3. The normalized spacial score (nSPS) is 10.5. The number of pyridine rings is 1. The number of halogens is 1. The van der Waals surface area contributed by atoms with Crippen molar-refractivity contribution in [1.29, 1.82) is 0 Å². The predicted molar refractivity (Wildman–Crippen MR) is 71.8 cm³/mol. The molecule has 2 heterocycles. The summed E-state index contributed by atoms with van der Waals surface area (Å²) in [4.78, 5) is 23.3. The van der Waals surface area contributed by atoms with E-state index in [1.807, 2.05) is 19.9 Å². The fraction of sp³-hybridized carbons (Fsp3) is 0.167. The van der Waals surface area contributed by atoms with E-state index in [1.54, 1.807) is 0 Å². The summed E-state index contributed by atoms with van der Waals surface area (Å²) in [5.41, 5.74) is 1.76. The number of carbonyl (C=O) groups is 1. The summed E-state index contributed by atoms with van der Waals surface area (Å²) in [6, 6.07) is 3.23. The van der Waals surface area contributed by atoms with Gasteiger partial charge in [-0.05, 0) is 37.7 Å². The van der Waals surface area contributed by atoms with Crippen molar-refractivity contribution in [3.8, 4) is 0 Å². The van der Waals surface area contributed by atoms with Crippen molar-refractivity contribution in [2.24, 2.45) is 0 Å².